The lowest BCUT2D eigenvalue weighted by Crippen LogP contribution is -2.26. The standard InChI is InChI=1S/C18H22N2O4S/c1-14-6-3-8-16(12-14)20-18(21)15-7-4-9-17(13-15)25(22,23)19-10-5-11-24-2/h3-4,6-9,12-13,19H,5,10-11H2,1-2H3,(H,20,21). The van der Waals surface area contributed by atoms with Gasteiger partial charge >= 0.3 is 0 Å². The number of sulfonamides is 1. The van der Waals surface area contributed by atoms with E-state index in [0.29, 0.717) is 18.7 Å². The number of carbonyl (C=O) groups is 1. The van der Waals surface area contributed by atoms with Crippen molar-refractivity contribution in [3.63, 3.8) is 0 Å². The van der Waals surface area contributed by atoms with Crippen molar-refractivity contribution < 1.29 is 17.9 Å². The second kappa shape index (κ2) is 8.75. The first-order valence-electron chi connectivity index (χ1n) is 7.89. The van der Waals surface area contributed by atoms with E-state index in [9.17, 15) is 13.2 Å². The summed E-state index contributed by atoms with van der Waals surface area (Å²) in [6, 6.07) is 13.3. The maximum absolute atomic E-state index is 12.4. The lowest BCUT2D eigenvalue weighted by Gasteiger charge is -2.09. The van der Waals surface area contributed by atoms with Crippen LogP contribution in [0.5, 0.6) is 0 Å². The quantitative estimate of drug-likeness (QED) is 0.707. The number of benzene rings is 2. The van der Waals surface area contributed by atoms with Crippen LogP contribution in [0.2, 0.25) is 0 Å². The fourth-order valence-corrected chi connectivity index (χ4v) is 3.36. The first-order chi connectivity index (χ1) is 11.9. The van der Waals surface area contributed by atoms with Crippen molar-refractivity contribution in [1.29, 1.82) is 0 Å². The minimum atomic E-state index is -3.66. The third-order valence-corrected chi connectivity index (χ3v) is 4.96. The number of carbonyl (C=O) groups excluding carboxylic acids is 1. The molecule has 0 aliphatic heterocycles. The molecular formula is C18H22N2O4S. The molecule has 6 nitrogen and oxygen atoms in total. The largest absolute Gasteiger partial charge is 0.385 e. The summed E-state index contributed by atoms with van der Waals surface area (Å²) < 4.78 is 32.0. The Bertz CT molecular complexity index is 834. The molecule has 0 saturated carbocycles. The molecule has 1 amide bonds. The molecule has 7 heteroatoms. The molecule has 0 unspecified atom stereocenters. The topological polar surface area (TPSA) is 84.5 Å². The first kappa shape index (κ1) is 19.1. The van der Waals surface area contributed by atoms with Gasteiger partial charge in [-0.3, -0.25) is 4.79 Å². The van der Waals surface area contributed by atoms with Crippen LogP contribution in [0.4, 0.5) is 5.69 Å². The number of rotatable bonds is 8. The van der Waals surface area contributed by atoms with Crippen LogP contribution in [-0.2, 0) is 14.8 Å². The Balaban J connectivity index is 2.10. The Morgan fingerprint density at radius 3 is 2.60 bits per heavy atom. The Hall–Kier alpha value is -2.22. The number of amides is 1. The summed E-state index contributed by atoms with van der Waals surface area (Å²) in [5.74, 6) is -0.359. The first-order valence-corrected chi connectivity index (χ1v) is 9.37. The Morgan fingerprint density at radius 2 is 1.88 bits per heavy atom. The van der Waals surface area contributed by atoms with Gasteiger partial charge in [0.25, 0.3) is 5.91 Å². The van der Waals surface area contributed by atoms with Crippen LogP contribution in [0.1, 0.15) is 22.3 Å². The predicted octanol–water partition coefficient (Wildman–Crippen LogP) is 2.56. The second-order valence-corrected chi connectivity index (χ2v) is 7.36. The number of anilines is 1. The molecule has 2 aromatic carbocycles. The molecule has 0 fully saturated rings. The lowest BCUT2D eigenvalue weighted by molar-refractivity contribution is 0.102. The molecule has 0 aromatic heterocycles. The summed E-state index contributed by atoms with van der Waals surface area (Å²) in [6.07, 6.45) is 0.573. The molecule has 2 aromatic rings. The van der Waals surface area contributed by atoms with E-state index >= 15 is 0 Å². The van der Waals surface area contributed by atoms with Crippen molar-refractivity contribution >= 4 is 21.6 Å². The van der Waals surface area contributed by atoms with Crippen LogP contribution in [0.15, 0.2) is 53.4 Å². The van der Waals surface area contributed by atoms with Gasteiger partial charge in [0, 0.05) is 31.5 Å². The zero-order valence-electron chi connectivity index (χ0n) is 14.3. The molecule has 2 N–H and O–H groups in total. The van der Waals surface area contributed by atoms with E-state index in [1.54, 1.807) is 25.3 Å². The molecule has 0 spiro atoms. The van der Waals surface area contributed by atoms with Gasteiger partial charge < -0.3 is 10.1 Å². The van der Waals surface area contributed by atoms with Crippen molar-refractivity contribution in [2.75, 3.05) is 25.6 Å². The average Bonchev–Trinajstić information content (AvgIpc) is 2.59. The van der Waals surface area contributed by atoms with Gasteiger partial charge in [0.1, 0.15) is 0 Å². The molecule has 2 rings (SSSR count). The monoisotopic (exact) mass is 362 g/mol. The van der Waals surface area contributed by atoms with Crippen LogP contribution in [0.3, 0.4) is 0 Å². The summed E-state index contributed by atoms with van der Waals surface area (Å²) in [7, 11) is -2.10. The molecule has 0 atom stereocenters. The van der Waals surface area contributed by atoms with Crippen LogP contribution in [0.25, 0.3) is 0 Å². The molecular weight excluding hydrogens is 340 g/mol. The molecule has 0 saturated heterocycles. The van der Waals surface area contributed by atoms with E-state index in [2.05, 4.69) is 10.0 Å². The third-order valence-electron chi connectivity index (χ3n) is 3.50. The molecule has 0 heterocycles. The van der Waals surface area contributed by atoms with Gasteiger partial charge in [-0.25, -0.2) is 13.1 Å². The van der Waals surface area contributed by atoms with Gasteiger partial charge in [0.05, 0.1) is 4.90 Å². The fourth-order valence-electron chi connectivity index (χ4n) is 2.24. The van der Waals surface area contributed by atoms with Crippen LogP contribution in [0, 0.1) is 6.92 Å². The summed E-state index contributed by atoms with van der Waals surface area (Å²) in [4.78, 5) is 12.4. The Morgan fingerprint density at radius 1 is 1.12 bits per heavy atom. The maximum atomic E-state index is 12.4. The summed E-state index contributed by atoms with van der Waals surface area (Å²) in [6.45, 7) is 2.68. The lowest BCUT2D eigenvalue weighted by atomic mass is 10.2. The number of hydrogen-bond donors (Lipinski definition) is 2. The Kier molecular flexibility index (Phi) is 6.69. The molecule has 0 radical (unpaired) electrons. The highest BCUT2D eigenvalue weighted by Gasteiger charge is 2.16. The van der Waals surface area contributed by atoms with E-state index in [-0.39, 0.29) is 22.9 Å². The number of nitrogens with one attached hydrogen (secondary N) is 2. The summed E-state index contributed by atoms with van der Waals surface area (Å²) >= 11 is 0. The van der Waals surface area contributed by atoms with Crippen molar-refractivity contribution in [3.8, 4) is 0 Å². The third kappa shape index (κ3) is 5.67. The highest BCUT2D eigenvalue weighted by atomic mass is 32.2. The molecule has 0 aliphatic carbocycles. The van der Waals surface area contributed by atoms with Gasteiger partial charge in [-0.05, 0) is 49.2 Å². The number of hydrogen-bond acceptors (Lipinski definition) is 4. The molecule has 25 heavy (non-hydrogen) atoms. The van der Waals surface area contributed by atoms with Gasteiger partial charge in [-0.15, -0.1) is 0 Å². The van der Waals surface area contributed by atoms with Crippen LogP contribution >= 0.6 is 0 Å². The summed E-state index contributed by atoms with van der Waals surface area (Å²) in [5, 5.41) is 2.77. The van der Waals surface area contributed by atoms with E-state index < -0.39 is 10.0 Å². The fraction of sp³-hybridized carbons (Fsp3) is 0.278. The average molecular weight is 362 g/mol. The van der Waals surface area contributed by atoms with Gasteiger partial charge in [0.2, 0.25) is 10.0 Å². The van der Waals surface area contributed by atoms with Gasteiger partial charge in [-0.2, -0.15) is 0 Å². The second-order valence-electron chi connectivity index (χ2n) is 5.60. The van der Waals surface area contributed by atoms with E-state index in [4.69, 9.17) is 4.74 Å². The van der Waals surface area contributed by atoms with Crippen molar-refractivity contribution in [2.45, 2.75) is 18.2 Å². The predicted molar refractivity (Wildman–Crippen MR) is 97.3 cm³/mol. The number of methoxy groups -OCH3 is 1. The smallest absolute Gasteiger partial charge is 0.255 e. The zero-order chi connectivity index (χ0) is 18.3. The van der Waals surface area contributed by atoms with Crippen molar-refractivity contribution in [2.24, 2.45) is 0 Å². The molecule has 0 aliphatic rings. The van der Waals surface area contributed by atoms with Crippen molar-refractivity contribution in [3.05, 3.63) is 59.7 Å². The van der Waals surface area contributed by atoms with Gasteiger partial charge in [0.15, 0.2) is 0 Å². The number of aryl methyl sites for hydroxylation is 1. The zero-order valence-corrected chi connectivity index (χ0v) is 15.1. The van der Waals surface area contributed by atoms with E-state index in [0.717, 1.165) is 5.56 Å². The van der Waals surface area contributed by atoms with E-state index in [1.807, 2.05) is 25.1 Å². The number of ether oxygens (including phenoxy) is 1. The van der Waals surface area contributed by atoms with Crippen LogP contribution < -0.4 is 10.0 Å². The highest BCUT2D eigenvalue weighted by Crippen LogP contribution is 2.15. The summed E-state index contributed by atoms with van der Waals surface area (Å²) in [5.41, 5.74) is 1.96. The minimum Gasteiger partial charge on any atom is -0.385 e. The molecule has 0 bridgehead atoms. The highest BCUT2D eigenvalue weighted by molar-refractivity contribution is 7.89. The Labute approximate surface area is 148 Å². The van der Waals surface area contributed by atoms with Crippen molar-refractivity contribution in [1.82, 2.24) is 4.72 Å². The maximum Gasteiger partial charge on any atom is 0.255 e. The van der Waals surface area contributed by atoms with E-state index in [1.165, 1.54) is 12.1 Å². The normalized spacial score (nSPS) is 11.3. The minimum absolute atomic E-state index is 0.0572. The SMILES string of the molecule is COCCCNS(=O)(=O)c1cccc(C(=O)Nc2cccc(C)c2)c1. The molecule has 134 valence electrons. The van der Waals surface area contributed by atoms with Crippen LogP contribution in [-0.4, -0.2) is 34.6 Å². The van der Waals surface area contributed by atoms with Gasteiger partial charge in [-0.1, -0.05) is 18.2 Å².